The molecule has 6 atom stereocenters. The highest BCUT2D eigenvalue weighted by Crippen LogP contribution is 2.36. The number of aromatic nitrogens is 1. The van der Waals surface area contributed by atoms with E-state index >= 15 is 0 Å². The van der Waals surface area contributed by atoms with Gasteiger partial charge >= 0.3 is 5.97 Å². The van der Waals surface area contributed by atoms with Gasteiger partial charge in [0.15, 0.2) is 18.7 Å². The van der Waals surface area contributed by atoms with E-state index in [1.165, 1.54) is 13.1 Å². The molecular weight excluding hydrogens is 476 g/mol. The van der Waals surface area contributed by atoms with Crippen molar-refractivity contribution in [2.45, 2.75) is 50.5 Å². The summed E-state index contributed by atoms with van der Waals surface area (Å²) in [6, 6.07) is 23.2. The van der Waals surface area contributed by atoms with Gasteiger partial charge in [-0.1, -0.05) is 66.7 Å². The molecule has 2 saturated heterocycles. The lowest BCUT2D eigenvalue weighted by atomic mass is 9.95. The highest BCUT2D eigenvalue weighted by molar-refractivity contribution is 5.87. The molecule has 9 heteroatoms. The third-order valence-electron chi connectivity index (χ3n) is 6.15. The summed E-state index contributed by atoms with van der Waals surface area (Å²) in [5.74, 6) is -0.972. The van der Waals surface area contributed by atoms with Gasteiger partial charge in [0, 0.05) is 18.7 Å². The minimum Gasteiger partial charge on any atom is -0.452 e. The summed E-state index contributed by atoms with van der Waals surface area (Å²) in [6.45, 7) is 1.80. The van der Waals surface area contributed by atoms with Gasteiger partial charge < -0.3 is 29.0 Å². The Morgan fingerprint density at radius 2 is 1.70 bits per heavy atom. The van der Waals surface area contributed by atoms with Gasteiger partial charge in [0.2, 0.25) is 5.91 Å². The molecule has 2 aliphatic rings. The molecule has 0 saturated carbocycles. The Balaban J connectivity index is 1.43. The first-order valence-electron chi connectivity index (χ1n) is 12.1. The van der Waals surface area contributed by atoms with Crippen molar-refractivity contribution in [2.75, 3.05) is 6.61 Å². The van der Waals surface area contributed by atoms with Crippen molar-refractivity contribution in [3.05, 3.63) is 102 Å². The highest BCUT2D eigenvalue weighted by Gasteiger charge is 2.53. The van der Waals surface area contributed by atoms with Crippen LogP contribution in [0.3, 0.4) is 0 Å². The average Bonchev–Trinajstić information content (AvgIpc) is 2.94. The maximum atomic E-state index is 13.1. The Hall–Kier alpha value is -3.63. The lowest BCUT2D eigenvalue weighted by Crippen LogP contribution is -2.67. The molecule has 37 heavy (non-hydrogen) atoms. The summed E-state index contributed by atoms with van der Waals surface area (Å²) >= 11 is 0. The van der Waals surface area contributed by atoms with Gasteiger partial charge in [-0.05, 0) is 17.7 Å². The van der Waals surface area contributed by atoms with Gasteiger partial charge in [-0.25, -0.2) is 9.78 Å². The number of esters is 1. The van der Waals surface area contributed by atoms with Crippen molar-refractivity contribution >= 4 is 11.9 Å². The predicted octanol–water partition coefficient (Wildman–Crippen LogP) is 3.17. The van der Waals surface area contributed by atoms with Gasteiger partial charge in [0.1, 0.15) is 23.9 Å². The number of benzene rings is 2. The number of nitrogens with zero attached hydrogens (tertiary/aromatic N) is 1. The number of rotatable bonds is 7. The lowest BCUT2D eigenvalue weighted by molar-refractivity contribution is -0.344. The molecule has 9 nitrogen and oxygen atoms in total. The fourth-order valence-electron chi connectivity index (χ4n) is 4.44. The molecule has 0 aliphatic carbocycles. The Morgan fingerprint density at radius 3 is 2.41 bits per heavy atom. The zero-order chi connectivity index (χ0) is 25.6. The van der Waals surface area contributed by atoms with Crippen LogP contribution in [0.25, 0.3) is 0 Å². The molecule has 3 heterocycles. The van der Waals surface area contributed by atoms with E-state index in [0.717, 1.165) is 11.1 Å². The molecular formula is C28H28N2O7. The van der Waals surface area contributed by atoms with Crippen LogP contribution < -0.4 is 5.32 Å². The Labute approximate surface area is 214 Å². The number of pyridine rings is 1. The summed E-state index contributed by atoms with van der Waals surface area (Å²) in [5.41, 5.74) is 1.88. The van der Waals surface area contributed by atoms with Crippen LogP contribution in [0.1, 0.15) is 34.8 Å². The summed E-state index contributed by atoms with van der Waals surface area (Å²) in [5, 5.41) is 2.86. The number of carbonyl (C=O) groups excluding carboxylic acids is 2. The average molecular weight is 505 g/mol. The van der Waals surface area contributed by atoms with Crippen LogP contribution in [0, 0.1) is 0 Å². The molecule has 192 valence electrons. The van der Waals surface area contributed by atoms with Crippen LogP contribution in [-0.4, -0.2) is 54.1 Å². The van der Waals surface area contributed by atoms with Gasteiger partial charge in [-0.3, -0.25) is 4.79 Å². The van der Waals surface area contributed by atoms with Gasteiger partial charge in [0.05, 0.1) is 13.2 Å². The Bertz CT molecular complexity index is 1180. The zero-order valence-electron chi connectivity index (χ0n) is 20.3. The molecule has 0 bridgehead atoms. The van der Waals surface area contributed by atoms with E-state index in [-0.39, 0.29) is 24.8 Å². The zero-order valence-corrected chi connectivity index (χ0v) is 20.3. The predicted molar refractivity (Wildman–Crippen MR) is 131 cm³/mol. The quantitative estimate of drug-likeness (QED) is 0.490. The molecule has 2 fully saturated rings. The minimum atomic E-state index is -0.937. The number of hydrogen-bond acceptors (Lipinski definition) is 8. The SMILES string of the molecule is CC(=O)N[C@H]1[C@@H](OCc2ccccc2)O[C@@H]2COC(c3ccccc3)O[C@H]2[C@@H]1OC(=O)c1ccccn1. The molecule has 3 aromatic rings. The fraction of sp³-hybridized carbons (Fsp3) is 0.321. The molecule has 2 aliphatic heterocycles. The van der Waals surface area contributed by atoms with Crippen LogP contribution in [0.2, 0.25) is 0 Å². The number of carbonyl (C=O) groups is 2. The summed E-state index contributed by atoms with van der Waals surface area (Å²) < 4.78 is 30.6. The molecule has 5 rings (SSSR count). The van der Waals surface area contributed by atoms with E-state index in [1.54, 1.807) is 18.2 Å². The normalized spacial score (nSPS) is 27.1. The van der Waals surface area contributed by atoms with E-state index in [9.17, 15) is 9.59 Å². The van der Waals surface area contributed by atoms with E-state index in [0.29, 0.717) is 0 Å². The first kappa shape index (κ1) is 25.0. The smallest absolute Gasteiger partial charge is 0.357 e. The van der Waals surface area contributed by atoms with Crippen molar-refractivity contribution in [2.24, 2.45) is 0 Å². The molecule has 1 aromatic heterocycles. The van der Waals surface area contributed by atoms with Gasteiger partial charge in [-0.2, -0.15) is 0 Å². The van der Waals surface area contributed by atoms with Gasteiger partial charge in [-0.15, -0.1) is 0 Å². The number of amides is 1. The Morgan fingerprint density at radius 1 is 0.973 bits per heavy atom. The monoisotopic (exact) mass is 504 g/mol. The summed E-state index contributed by atoms with van der Waals surface area (Å²) in [4.78, 5) is 29.4. The van der Waals surface area contributed by atoms with Crippen molar-refractivity contribution in [3.63, 3.8) is 0 Å². The maximum absolute atomic E-state index is 13.1. The second-order valence-corrected chi connectivity index (χ2v) is 8.83. The van der Waals surface area contributed by atoms with Crippen LogP contribution in [0.5, 0.6) is 0 Å². The van der Waals surface area contributed by atoms with E-state index in [2.05, 4.69) is 10.3 Å². The third kappa shape index (κ3) is 6.03. The van der Waals surface area contributed by atoms with Gasteiger partial charge in [0.25, 0.3) is 0 Å². The van der Waals surface area contributed by atoms with Crippen LogP contribution in [-0.2, 0) is 35.1 Å². The molecule has 2 aromatic carbocycles. The van der Waals surface area contributed by atoms with Crippen molar-refractivity contribution in [1.82, 2.24) is 10.3 Å². The molecule has 0 radical (unpaired) electrons. The number of ether oxygens (including phenoxy) is 5. The van der Waals surface area contributed by atoms with E-state index < -0.39 is 42.9 Å². The van der Waals surface area contributed by atoms with E-state index in [4.69, 9.17) is 23.7 Å². The lowest BCUT2D eigenvalue weighted by Gasteiger charge is -2.48. The maximum Gasteiger partial charge on any atom is 0.357 e. The molecule has 0 spiro atoms. The third-order valence-corrected chi connectivity index (χ3v) is 6.15. The summed E-state index contributed by atoms with van der Waals surface area (Å²) in [7, 11) is 0. The Kier molecular flexibility index (Phi) is 7.86. The highest BCUT2D eigenvalue weighted by atomic mass is 16.8. The second kappa shape index (κ2) is 11.6. The largest absolute Gasteiger partial charge is 0.452 e. The topological polar surface area (TPSA) is 105 Å². The van der Waals surface area contributed by atoms with Crippen LogP contribution in [0.15, 0.2) is 85.1 Å². The molecule has 1 N–H and O–H groups in total. The van der Waals surface area contributed by atoms with Crippen molar-refractivity contribution < 1.29 is 33.3 Å². The minimum absolute atomic E-state index is 0.139. The molecule has 1 amide bonds. The summed E-state index contributed by atoms with van der Waals surface area (Å²) in [6.07, 6.45) is -2.38. The first-order chi connectivity index (χ1) is 18.1. The van der Waals surface area contributed by atoms with E-state index in [1.807, 2.05) is 60.7 Å². The van der Waals surface area contributed by atoms with Crippen LogP contribution >= 0.6 is 0 Å². The van der Waals surface area contributed by atoms with Crippen molar-refractivity contribution in [1.29, 1.82) is 0 Å². The fourth-order valence-corrected chi connectivity index (χ4v) is 4.44. The van der Waals surface area contributed by atoms with Crippen LogP contribution in [0.4, 0.5) is 0 Å². The first-order valence-corrected chi connectivity index (χ1v) is 12.1. The number of hydrogen-bond donors (Lipinski definition) is 1. The number of fused-ring (bicyclic) bond motifs is 1. The molecule has 1 unspecified atom stereocenters. The number of nitrogens with one attached hydrogen (secondary N) is 1. The van der Waals surface area contributed by atoms with Crippen molar-refractivity contribution in [3.8, 4) is 0 Å². The standard InChI is InChI=1S/C28H28N2O7/c1-18(31)30-23-25(36-26(32)21-14-8-9-15-29-21)24-22(17-34-27(37-24)20-12-6-3-7-13-20)35-28(23)33-16-19-10-4-2-5-11-19/h2-15,22-25,27-28H,16-17H2,1H3,(H,30,31)/t22-,23-,24-,25-,27?,28+/m1/s1. The second-order valence-electron chi connectivity index (χ2n) is 8.83.